The molecule has 1 aromatic carbocycles. The minimum Gasteiger partial charge on any atom is -0.305 e. The number of carbonyl (C=O) groups is 1. The Balaban J connectivity index is 1.91. The van der Waals surface area contributed by atoms with Crippen molar-refractivity contribution < 1.29 is 18.0 Å². The number of rotatable bonds is 1. The van der Waals surface area contributed by atoms with Gasteiger partial charge in [-0.25, -0.2) is 0 Å². The molecule has 0 aliphatic carbocycles. The van der Waals surface area contributed by atoms with E-state index in [0.717, 1.165) is 29.9 Å². The number of halogens is 3. The van der Waals surface area contributed by atoms with Crippen LogP contribution in [0, 0.1) is 0 Å². The van der Waals surface area contributed by atoms with Gasteiger partial charge in [0.05, 0.1) is 5.56 Å². The van der Waals surface area contributed by atoms with E-state index in [1.54, 1.807) is 4.90 Å². The molecule has 1 aliphatic heterocycles. The van der Waals surface area contributed by atoms with Crippen LogP contribution in [-0.2, 0) is 12.6 Å². The molecule has 0 saturated heterocycles. The van der Waals surface area contributed by atoms with Crippen molar-refractivity contribution in [1.82, 2.24) is 4.98 Å². The Morgan fingerprint density at radius 1 is 1.23 bits per heavy atom. The first kappa shape index (κ1) is 14.6. The monoisotopic (exact) mass is 306 g/mol. The van der Waals surface area contributed by atoms with Gasteiger partial charge in [-0.2, -0.15) is 13.2 Å². The molecular formula is C16H13F3N2O. The molecule has 3 nitrogen and oxygen atoms in total. The molecule has 0 spiro atoms. The smallest absolute Gasteiger partial charge is 0.305 e. The molecule has 0 bridgehead atoms. The summed E-state index contributed by atoms with van der Waals surface area (Å²) in [5.41, 5.74) is 1.01. The summed E-state index contributed by atoms with van der Waals surface area (Å²) < 4.78 is 37.6. The Morgan fingerprint density at radius 3 is 2.59 bits per heavy atom. The molecular weight excluding hydrogens is 293 g/mol. The van der Waals surface area contributed by atoms with Crippen LogP contribution in [0.15, 0.2) is 42.6 Å². The number of pyridine rings is 1. The van der Waals surface area contributed by atoms with Crippen LogP contribution in [0.4, 0.5) is 18.9 Å². The molecule has 114 valence electrons. The van der Waals surface area contributed by atoms with Crippen molar-refractivity contribution in [1.29, 1.82) is 0 Å². The van der Waals surface area contributed by atoms with Crippen molar-refractivity contribution >= 4 is 11.6 Å². The molecule has 1 atom stereocenters. The zero-order chi connectivity index (χ0) is 15.9. The van der Waals surface area contributed by atoms with E-state index < -0.39 is 11.9 Å². The Labute approximate surface area is 125 Å². The highest BCUT2D eigenvalue weighted by Crippen LogP contribution is 2.33. The SMILES string of the molecule is CC1Cc2ccccc2N1C(=O)c1ccc(C(F)(F)F)nc1. The predicted octanol–water partition coefficient (Wildman–Crippen LogP) is 3.69. The van der Waals surface area contributed by atoms with Crippen LogP contribution < -0.4 is 4.90 Å². The first-order chi connectivity index (χ1) is 10.4. The number of amides is 1. The van der Waals surface area contributed by atoms with Crippen molar-refractivity contribution in [3.05, 3.63) is 59.4 Å². The zero-order valence-electron chi connectivity index (χ0n) is 11.8. The van der Waals surface area contributed by atoms with E-state index in [9.17, 15) is 18.0 Å². The average molecular weight is 306 g/mol. The summed E-state index contributed by atoms with van der Waals surface area (Å²) in [5, 5.41) is 0. The third kappa shape index (κ3) is 2.45. The Kier molecular flexibility index (Phi) is 3.39. The van der Waals surface area contributed by atoms with Crippen LogP contribution in [0.25, 0.3) is 0 Å². The highest BCUT2D eigenvalue weighted by molar-refractivity contribution is 6.07. The summed E-state index contributed by atoms with van der Waals surface area (Å²) in [6.45, 7) is 1.91. The number of fused-ring (bicyclic) bond motifs is 1. The van der Waals surface area contributed by atoms with E-state index >= 15 is 0 Å². The normalized spacial score (nSPS) is 17.5. The predicted molar refractivity (Wildman–Crippen MR) is 75.7 cm³/mol. The molecule has 3 rings (SSSR count). The van der Waals surface area contributed by atoms with E-state index in [1.807, 2.05) is 31.2 Å². The maximum Gasteiger partial charge on any atom is 0.433 e. The quantitative estimate of drug-likeness (QED) is 0.805. The molecule has 0 saturated carbocycles. The third-order valence-corrected chi connectivity index (χ3v) is 3.73. The summed E-state index contributed by atoms with van der Waals surface area (Å²) in [4.78, 5) is 17.5. The summed E-state index contributed by atoms with van der Waals surface area (Å²) in [6, 6.07) is 9.50. The lowest BCUT2D eigenvalue weighted by Gasteiger charge is -2.22. The summed E-state index contributed by atoms with van der Waals surface area (Å²) >= 11 is 0. The van der Waals surface area contributed by atoms with Gasteiger partial charge < -0.3 is 4.90 Å². The lowest BCUT2D eigenvalue weighted by molar-refractivity contribution is -0.141. The van der Waals surface area contributed by atoms with Crippen molar-refractivity contribution in [3.63, 3.8) is 0 Å². The molecule has 1 aliphatic rings. The van der Waals surface area contributed by atoms with Gasteiger partial charge in [0.1, 0.15) is 5.69 Å². The van der Waals surface area contributed by atoms with E-state index in [1.165, 1.54) is 6.07 Å². The minimum atomic E-state index is -4.50. The Hall–Kier alpha value is -2.37. The van der Waals surface area contributed by atoms with E-state index in [2.05, 4.69) is 4.98 Å². The number of benzene rings is 1. The van der Waals surface area contributed by atoms with Gasteiger partial charge >= 0.3 is 6.18 Å². The molecule has 1 unspecified atom stereocenters. The number of hydrogen-bond acceptors (Lipinski definition) is 2. The van der Waals surface area contributed by atoms with Crippen LogP contribution >= 0.6 is 0 Å². The van der Waals surface area contributed by atoms with Crippen LogP contribution in [0.5, 0.6) is 0 Å². The van der Waals surface area contributed by atoms with Gasteiger partial charge in [-0.3, -0.25) is 9.78 Å². The number of aromatic nitrogens is 1. The summed E-state index contributed by atoms with van der Waals surface area (Å²) in [6.07, 6.45) is -2.79. The van der Waals surface area contributed by atoms with Gasteiger partial charge in [0.25, 0.3) is 5.91 Å². The number of carbonyl (C=O) groups excluding carboxylic acids is 1. The maximum atomic E-state index is 12.6. The molecule has 0 fully saturated rings. The van der Waals surface area contributed by atoms with Gasteiger partial charge in [-0.05, 0) is 37.1 Å². The van der Waals surface area contributed by atoms with Gasteiger partial charge in [0, 0.05) is 17.9 Å². The molecule has 2 aromatic rings. The van der Waals surface area contributed by atoms with Gasteiger partial charge in [0.15, 0.2) is 0 Å². The summed E-state index contributed by atoms with van der Waals surface area (Å²) in [7, 11) is 0. The van der Waals surface area contributed by atoms with Crippen molar-refractivity contribution in [2.45, 2.75) is 25.6 Å². The Morgan fingerprint density at radius 2 is 1.95 bits per heavy atom. The van der Waals surface area contributed by atoms with Crippen LogP contribution in [0.2, 0.25) is 0 Å². The van der Waals surface area contributed by atoms with Crippen molar-refractivity contribution in [2.24, 2.45) is 0 Å². The van der Waals surface area contributed by atoms with Gasteiger partial charge in [0.2, 0.25) is 0 Å². The fraction of sp³-hybridized carbons (Fsp3) is 0.250. The highest BCUT2D eigenvalue weighted by Gasteiger charge is 2.34. The lowest BCUT2D eigenvalue weighted by atomic mass is 10.1. The molecule has 0 radical (unpaired) electrons. The number of nitrogens with zero attached hydrogens (tertiary/aromatic N) is 2. The first-order valence-corrected chi connectivity index (χ1v) is 6.82. The number of para-hydroxylation sites is 1. The summed E-state index contributed by atoms with van der Waals surface area (Å²) in [5.74, 6) is -0.335. The van der Waals surface area contributed by atoms with Crippen LogP contribution in [0.1, 0.15) is 28.5 Å². The third-order valence-electron chi connectivity index (χ3n) is 3.73. The molecule has 1 amide bonds. The molecule has 2 heterocycles. The molecule has 1 aromatic heterocycles. The van der Waals surface area contributed by atoms with Crippen molar-refractivity contribution in [2.75, 3.05) is 4.90 Å². The molecule has 6 heteroatoms. The van der Waals surface area contributed by atoms with Crippen LogP contribution in [-0.4, -0.2) is 16.9 Å². The molecule has 22 heavy (non-hydrogen) atoms. The first-order valence-electron chi connectivity index (χ1n) is 6.82. The van der Waals surface area contributed by atoms with Crippen molar-refractivity contribution in [3.8, 4) is 0 Å². The second kappa shape index (κ2) is 5.12. The Bertz CT molecular complexity index is 710. The fourth-order valence-electron chi connectivity index (χ4n) is 2.70. The second-order valence-corrected chi connectivity index (χ2v) is 5.29. The standard InChI is InChI=1S/C16H13F3N2O/c1-10-8-11-4-2-3-5-13(11)21(10)15(22)12-6-7-14(20-9-12)16(17,18)19/h2-7,9-10H,8H2,1H3. The van der Waals surface area contributed by atoms with Gasteiger partial charge in [-0.1, -0.05) is 18.2 Å². The number of hydrogen-bond donors (Lipinski definition) is 0. The number of alkyl halides is 3. The fourth-order valence-corrected chi connectivity index (χ4v) is 2.70. The molecule has 0 N–H and O–H groups in total. The minimum absolute atomic E-state index is 0.0350. The van der Waals surface area contributed by atoms with E-state index in [-0.39, 0.29) is 17.5 Å². The maximum absolute atomic E-state index is 12.6. The highest BCUT2D eigenvalue weighted by atomic mass is 19.4. The van der Waals surface area contributed by atoms with E-state index in [0.29, 0.717) is 0 Å². The zero-order valence-corrected chi connectivity index (χ0v) is 11.8. The average Bonchev–Trinajstić information content (AvgIpc) is 2.81. The topological polar surface area (TPSA) is 33.2 Å². The number of anilines is 1. The lowest BCUT2D eigenvalue weighted by Crippen LogP contribution is -2.35. The largest absolute Gasteiger partial charge is 0.433 e. The van der Waals surface area contributed by atoms with Crippen LogP contribution in [0.3, 0.4) is 0 Å². The second-order valence-electron chi connectivity index (χ2n) is 5.29. The van der Waals surface area contributed by atoms with Gasteiger partial charge in [-0.15, -0.1) is 0 Å². The van der Waals surface area contributed by atoms with E-state index in [4.69, 9.17) is 0 Å².